The molecule has 5 heteroatoms. The molecular formula is C25H25NO3S. The zero-order chi connectivity index (χ0) is 21.0. The molecule has 1 atom stereocenters. The lowest BCUT2D eigenvalue weighted by Gasteiger charge is -2.17. The van der Waals surface area contributed by atoms with Crippen LogP contribution in [0.5, 0.6) is 0 Å². The number of aryl methyl sites for hydroxylation is 3. The largest absolute Gasteiger partial charge is 0.460 e. The van der Waals surface area contributed by atoms with Gasteiger partial charge in [0, 0.05) is 28.1 Å². The first-order chi connectivity index (χ1) is 14.3. The Morgan fingerprint density at radius 1 is 1.00 bits per heavy atom. The molecule has 4 nitrogen and oxygen atoms in total. The van der Waals surface area contributed by atoms with E-state index in [4.69, 9.17) is 4.42 Å². The van der Waals surface area contributed by atoms with Crippen LogP contribution in [0.2, 0.25) is 0 Å². The molecule has 1 heterocycles. The van der Waals surface area contributed by atoms with Crippen LogP contribution in [0.1, 0.15) is 35.8 Å². The third-order valence-corrected chi connectivity index (χ3v) is 7.68. The van der Waals surface area contributed by atoms with Crippen LogP contribution in [0.4, 0.5) is 5.69 Å². The van der Waals surface area contributed by atoms with Crippen molar-refractivity contribution in [3.8, 4) is 0 Å². The number of fused-ring (bicyclic) bond motifs is 5. The van der Waals surface area contributed by atoms with Gasteiger partial charge in [0.2, 0.25) is 0 Å². The molecule has 1 aliphatic rings. The Balaban J connectivity index is 1.72. The molecule has 30 heavy (non-hydrogen) atoms. The van der Waals surface area contributed by atoms with Crippen molar-refractivity contribution in [3.05, 3.63) is 71.0 Å². The molecule has 1 aromatic heterocycles. The van der Waals surface area contributed by atoms with E-state index in [0.29, 0.717) is 16.5 Å². The predicted octanol–water partition coefficient (Wildman–Crippen LogP) is 6.13. The Kier molecular flexibility index (Phi) is 4.40. The highest BCUT2D eigenvalue weighted by Crippen LogP contribution is 2.40. The van der Waals surface area contributed by atoms with Crippen LogP contribution < -0.4 is 4.72 Å². The van der Waals surface area contributed by atoms with E-state index in [1.807, 2.05) is 56.3 Å². The van der Waals surface area contributed by atoms with Crippen molar-refractivity contribution in [1.82, 2.24) is 0 Å². The number of hydrogen-bond acceptors (Lipinski definition) is 3. The van der Waals surface area contributed by atoms with E-state index >= 15 is 0 Å². The van der Waals surface area contributed by atoms with Gasteiger partial charge < -0.3 is 4.42 Å². The summed E-state index contributed by atoms with van der Waals surface area (Å²) in [4.78, 5) is 0.314. The highest BCUT2D eigenvalue weighted by atomic mass is 32.2. The van der Waals surface area contributed by atoms with Gasteiger partial charge >= 0.3 is 0 Å². The molecule has 3 aromatic carbocycles. The van der Waals surface area contributed by atoms with Crippen LogP contribution in [-0.2, 0) is 22.9 Å². The quantitative estimate of drug-likeness (QED) is 0.435. The minimum atomic E-state index is -3.72. The van der Waals surface area contributed by atoms with Crippen molar-refractivity contribution in [1.29, 1.82) is 0 Å². The molecule has 0 fully saturated rings. The first kappa shape index (κ1) is 19.2. The van der Waals surface area contributed by atoms with E-state index < -0.39 is 10.0 Å². The Morgan fingerprint density at radius 3 is 2.57 bits per heavy atom. The molecule has 0 amide bonds. The number of hydrogen-bond donors (Lipinski definition) is 1. The van der Waals surface area contributed by atoms with Crippen molar-refractivity contribution < 1.29 is 12.8 Å². The van der Waals surface area contributed by atoms with E-state index in [-0.39, 0.29) is 0 Å². The summed E-state index contributed by atoms with van der Waals surface area (Å²) in [5.41, 5.74) is 4.33. The average molecular weight is 420 g/mol. The molecule has 0 saturated carbocycles. The fraction of sp³-hybridized carbons (Fsp3) is 0.280. The van der Waals surface area contributed by atoms with E-state index in [2.05, 4.69) is 11.6 Å². The number of rotatable bonds is 3. The van der Waals surface area contributed by atoms with Gasteiger partial charge in [-0.1, -0.05) is 43.3 Å². The van der Waals surface area contributed by atoms with Crippen molar-refractivity contribution in [3.63, 3.8) is 0 Å². The summed E-state index contributed by atoms with van der Waals surface area (Å²) in [5.74, 6) is 1.64. The van der Waals surface area contributed by atoms with Crippen LogP contribution in [0.25, 0.3) is 21.7 Å². The minimum absolute atomic E-state index is 0.314. The molecule has 154 valence electrons. The third kappa shape index (κ3) is 3.08. The fourth-order valence-corrected chi connectivity index (χ4v) is 5.95. The Morgan fingerprint density at radius 2 is 1.77 bits per heavy atom. The van der Waals surface area contributed by atoms with E-state index in [9.17, 15) is 8.42 Å². The SMILES string of the molecule is Cc1ccc(C)c(S(=O)(=O)Nc2cc3c4c(oc3c3ccccc23)CCC(C)C4)c1. The van der Waals surface area contributed by atoms with E-state index in [0.717, 1.165) is 57.9 Å². The monoisotopic (exact) mass is 419 g/mol. The van der Waals surface area contributed by atoms with Crippen LogP contribution in [0, 0.1) is 19.8 Å². The summed E-state index contributed by atoms with van der Waals surface area (Å²) in [6.45, 7) is 5.98. The summed E-state index contributed by atoms with van der Waals surface area (Å²) in [5, 5.41) is 2.81. The second-order valence-electron chi connectivity index (χ2n) is 8.57. The standard InChI is InChI=1S/C25H25NO3S/c1-15-9-11-23-20(12-15)21-14-22(18-6-4-5-7-19(18)25(21)29-23)26-30(27,28)24-13-16(2)8-10-17(24)3/h4-8,10,13-15,26H,9,11-12H2,1-3H3. The number of sulfonamides is 1. The van der Waals surface area contributed by atoms with E-state index in [1.165, 1.54) is 5.56 Å². The smallest absolute Gasteiger partial charge is 0.262 e. The highest BCUT2D eigenvalue weighted by Gasteiger charge is 2.25. The average Bonchev–Trinajstić information content (AvgIpc) is 3.07. The van der Waals surface area contributed by atoms with Crippen LogP contribution in [-0.4, -0.2) is 8.42 Å². The summed E-state index contributed by atoms with van der Waals surface area (Å²) >= 11 is 0. The summed E-state index contributed by atoms with van der Waals surface area (Å²) < 4.78 is 35.8. The maximum atomic E-state index is 13.3. The van der Waals surface area contributed by atoms with Gasteiger partial charge in [0.1, 0.15) is 11.3 Å². The third-order valence-electron chi connectivity index (χ3n) is 6.18. The highest BCUT2D eigenvalue weighted by molar-refractivity contribution is 7.92. The number of furan rings is 1. The Labute approximate surface area is 177 Å². The van der Waals surface area contributed by atoms with Crippen molar-refractivity contribution in [2.75, 3.05) is 4.72 Å². The van der Waals surface area contributed by atoms with Crippen molar-refractivity contribution >= 4 is 37.5 Å². The molecular weight excluding hydrogens is 394 g/mol. The zero-order valence-corrected chi connectivity index (χ0v) is 18.3. The Hall–Kier alpha value is -2.79. The maximum Gasteiger partial charge on any atom is 0.262 e. The van der Waals surface area contributed by atoms with Crippen LogP contribution in [0.15, 0.2) is 57.8 Å². The zero-order valence-electron chi connectivity index (χ0n) is 17.5. The van der Waals surface area contributed by atoms with Gasteiger partial charge in [-0.25, -0.2) is 8.42 Å². The molecule has 1 unspecified atom stereocenters. The summed E-state index contributed by atoms with van der Waals surface area (Å²) in [7, 11) is -3.72. The summed E-state index contributed by atoms with van der Waals surface area (Å²) in [6, 6.07) is 15.3. The maximum absolute atomic E-state index is 13.3. The number of anilines is 1. The van der Waals surface area contributed by atoms with Crippen molar-refractivity contribution in [2.45, 2.75) is 44.9 Å². The number of nitrogens with one attached hydrogen (secondary N) is 1. The van der Waals surface area contributed by atoms with Crippen molar-refractivity contribution in [2.24, 2.45) is 5.92 Å². The number of benzene rings is 3. The Bertz CT molecular complexity index is 1400. The van der Waals surface area contributed by atoms with Gasteiger partial charge in [-0.2, -0.15) is 0 Å². The van der Waals surface area contributed by atoms with Gasteiger partial charge in [0.05, 0.1) is 10.6 Å². The molecule has 0 saturated heterocycles. The fourth-order valence-electron chi connectivity index (χ4n) is 4.55. The lowest BCUT2D eigenvalue weighted by atomic mass is 9.87. The topological polar surface area (TPSA) is 59.3 Å². The lowest BCUT2D eigenvalue weighted by Crippen LogP contribution is -2.15. The molecule has 1 N–H and O–H groups in total. The van der Waals surface area contributed by atoms with Crippen LogP contribution >= 0.6 is 0 Å². The molecule has 0 spiro atoms. The predicted molar refractivity (Wildman–Crippen MR) is 122 cm³/mol. The van der Waals surface area contributed by atoms with Gasteiger partial charge in [0.15, 0.2) is 0 Å². The molecule has 0 bridgehead atoms. The van der Waals surface area contributed by atoms with Gasteiger partial charge in [-0.15, -0.1) is 0 Å². The molecule has 4 aromatic rings. The normalized spacial score (nSPS) is 16.7. The molecule has 1 aliphatic carbocycles. The molecule has 0 radical (unpaired) electrons. The first-order valence-electron chi connectivity index (χ1n) is 10.4. The second kappa shape index (κ2) is 6.88. The van der Waals surface area contributed by atoms with Crippen LogP contribution in [0.3, 0.4) is 0 Å². The van der Waals surface area contributed by atoms with E-state index in [1.54, 1.807) is 6.07 Å². The first-order valence-corrected chi connectivity index (χ1v) is 11.9. The lowest BCUT2D eigenvalue weighted by molar-refractivity contribution is 0.439. The van der Waals surface area contributed by atoms with Gasteiger partial charge in [-0.05, 0) is 55.9 Å². The molecule has 5 rings (SSSR count). The van der Waals surface area contributed by atoms with Gasteiger partial charge in [-0.3, -0.25) is 4.72 Å². The second-order valence-corrected chi connectivity index (χ2v) is 10.2. The molecule has 0 aliphatic heterocycles. The van der Waals surface area contributed by atoms with Gasteiger partial charge in [0.25, 0.3) is 10.0 Å². The summed E-state index contributed by atoms with van der Waals surface area (Å²) in [6.07, 6.45) is 3.02. The minimum Gasteiger partial charge on any atom is -0.460 e.